The molecule has 0 fully saturated rings. The number of nitrogens with one attached hydrogen (secondary N) is 2. The molecule has 0 saturated heterocycles. The molecule has 21 heavy (non-hydrogen) atoms. The van der Waals surface area contributed by atoms with Crippen LogP contribution in [0.1, 0.15) is 43.9 Å². The molecule has 4 heteroatoms. The highest BCUT2D eigenvalue weighted by Gasteiger charge is 2.29. The monoisotopic (exact) mass is 306 g/mol. The van der Waals surface area contributed by atoms with Crippen molar-refractivity contribution in [1.82, 2.24) is 10.6 Å². The van der Waals surface area contributed by atoms with Gasteiger partial charge in [-0.3, -0.25) is 4.79 Å². The van der Waals surface area contributed by atoms with Crippen LogP contribution in [0.25, 0.3) is 0 Å². The van der Waals surface area contributed by atoms with Crippen molar-refractivity contribution in [2.24, 2.45) is 0 Å². The Kier molecular flexibility index (Phi) is 5.71. The minimum Gasteiger partial charge on any atom is -0.353 e. The van der Waals surface area contributed by atoms with Crippen LogP contribution in [0.4, 0.5) is 0 Å². The van der Waals surface area contributed by atoms with Gasteiger partial charge in [0.1, 0.15) is 6.04 Å². The predicted octanol–water partition coefficient (Wildman–Crippen LogP) is 2.91. The average Bonchev–Trinajstić information content (AvgIpc) is 2.56. The summed E-state index contributed by atoms with van der Waals surface area (Å²) in [6.07, 6.45) is 5.27. The van der Waals surface area contributed by atoms with Gasteiger partial charge in [-0.2, -0.15) is 11.8 Å². The molecule has 1 amide bonds. The summed E-state index contributed by atoms with van der Waals surface area (Å²) in [5, 5.41) is 6.51. The van der Waals surface area contributed by atoms with Crippen LogP contribution in [0.2, 0.25) is 0 Å². The van der Waals surface area contributed by atoms with Gasteiger partial charge in [0.05, 0.1) is 0 Å². The molecule has 0 saturated carbocycles. The van der Waals surface area contributed by atoms with E-state index in [1.165, 1.54) is 5.56 Å². The molecule has 0 aliphatic carbocycles. The number of hydrogen-bond donors (Lipinski definition) is 2. The molecule has 0 spiro atoms. The zero-order valence-corrected chi connectivity index (χ0v) is 14.1. The zero-order valence-electron chi connectivity index (χ0n) is 13.2. The molecule has 3 nitrogen and oxygen atoms in total. The summed E-state index contributed by atoms with van der Waals surface area (Å²) in [5.74, 6) is 0.0995. The molecule has 1 unspecified atom stereocenters. The Morgan fingerprint density at radius 3 is 2.76 bits per heavy atom. The summed E-state index contributed by atoms with van der Waals surface area (Å²) < 4.78 is 0.157. The van der Waals surface area contributed by atoms with Gasteiger partial charge in [-0.05, 0) is 36.6 Å². The molecule has 0 bridgehead atoms. The van der Waals surface area contributed by atoms with Gasteiger partial charge >= 0.3 is 0 Å². The number of carbonyl (C=O) groups is 1. The molecule has 2 rings (SSSR count). The summed E-state index contributed by atoms with van der Waals surface area (Å²) in [7, 11) is 0. The topological polar surface area (TPSA) is 41.1 Å². The van der Waals surface area contributed by atoms with Gasteiger partial charge in [-0.25, -0.2) is 0 Å². The van der Waals surface area contributed by atoms with Crippen molar-refractivity contribution in [2.45, 2.75) is 43.9 Å². The van der Waals surface area contributed by atoms with E-state index in [0.717, 1.165) is 37.9 Å². The molecule has 1 atom stereocenters. The number of thioether (sulfide) groups is 1. The van der Waals surface area contributed by atoms with E-state index in [-0.39, 0.29) is 16.7 Å². The van der Waals surface area contributed by atoms with Crippen molar-refractivity contribution in [1.29, 1.82) is 0 Å². The van der Waals surface area contributed by atoms with Gasteiger partial charge in [0.2, 0.25) is 5.91 Å². The van der Waals surface area contributed by atoms with E-state index in [9.17, 15) is 4.79 Å². The van der Waals surface area contributed by atoms with E-state index in [1.807, 2.05) is 23.9 Å². The van der Waals surface area contributed by atoms with Crippen LogP contribution >= 0.6 is 11.8 Å². The van der Waals surface area contributed by atoms with Crippen LogP contribution < -0.4 is 10.6 Å². The Balaban J connectivity index is 2.05. The third-order valence-corrected chi connectivity index (χ3v) is 6.27. The fourth-order valence-corrected chi connectivity index (χ4v) is 3.74. The lowest BCUT2D eigenvalue weighted by molar-refractivity contribution is -0.123. The van der Waals surface area contributed by atoms with Gasteiger partial charge in [0.15, 0.2) is 0 Å². The quantitative estimate of drug-likeness (QED) is 0.849. The van der Waals surface area contributed by atoms with E-state index >= 15 is 0 Å². The van der Waals surface area contributed by atoms with Crippen molar-refractivity contribution >= 4 is 17.7 Å². The molecule has 1 heterocycles. The minimum atomic E-state index is -0.205. The smallest absolute Gasteiger partial charge is 0.241 e. The Hall–Kier alpha value is -1.00. The van der Waals surface area contributed by atoms with Crippen molar-refractivity contribution in [3.63, 3.8) is 0 Å². The predicted molar refractivity (Wildman–Crippen MR) is 90.7 cm³/mol. The van der Waals surface area contributed by atoms with Crippen LogP contribution in [0, 0.1) is 0 Å². The van der Waals surface area contributed by atoms with Crippen molar-refractivity contribution < 1.29 is 4.79 Å². The Bertz CT molecular complexity index is 477. The molecule has 0 aromatic heterocycles. The third kappa shape index (κ3) is 3.61. The molecule has 2 N–H and O–H groups in total. The van der Waals surface area contributed by atoms with Crippen LogP contribution in [0.15, 0.2) is 24.3 Å². The summed E-state index contributed by atoms with van der Waals surface area (Å²) in [5.41, 5.74) is 2.42. The zero-order chi connectivity index (χ0) is 15.3. The first-order valence-electron chi connectivity index (χ1n) is 7.80. The van der Waals surface area contributed by atoms with Crippen molar-refractivity contribution in [2.75, 3.05) is 19.3 Å². The molecule has 116 valence electrons. The molecular formula is C17H26N2OS. The van der Waals surface area contributed by atoms with E-state index in [1.54, 1.807) is 0 Å². The van der Waals surface area contributed by atoms with Crippen molar-refractivity contribution in [3.8, 4) is 0 Å². The molecular weight excluding hydrogens is 280 g/mol. The summed E-state index contributed by atoms with van der Waals surface area (Å²) in [6, 6.07) is 8.04. The summed E-state index contributed by atoms with van der Waals surface area (Å²) in [4.78, 5) is 12.6. The van der Waals surface area contributed by atoms with Gasteiger partial charge in [-0.15, -0.1) is 0 Å². The number of benzene rings is 1. The van der Waals surface area contributed by atoms with E-state index in [2.05, 4.69) is 42.9 Å². The molecule has 1 aliphatic rings. The largest absolute Gasteiger partial charge is 0.353 e. The maximum Gasteiger partial charge on any atom is 0.241 e. The number of amides is 1. The minimum absolute atomic E-state index is 0.0995. The first kappa shape index (κ1) is 16.4. The Morgan fingerprint density at radius 2 is 2.10 bits per heavy atom. The highest BCUT2D eigenvalue weighted by Crippen LogP contribution is 2.30. The summed E-state index contributed by atoms with van der Waals surface area (Å²) >= 11 is 1.86. The molecule has 1 aliphatic heterocycles. The number of carbonyl (C=O) groups excluding carboxylic acids is 1. The van der Waals surface area contributed by atoms with E-state index < -0.39 is 0 Å². The second-order valence-electron chi connectivity index (χ2n) is 5.65. The van der Waals surface area contributed by atoms with Crippen LogP contribution in [0.5, 0.6) is 0 Å². The second kappa shape index (κ2) is 7.32. The average molecular weight is 306 g/mol. The highest BCUT2D eigenvalue weighted by molar-refractivity contribution is 8.00. The molecule has 1 aromatic carbocycles. The number of rotatable bonds is 6. The third-order valence-electron chi connectivity index (χ3n) is 4.68. The lowest BCUT2D eigenvalue weighted by atomic mass is 9.93. The summed E-state index contributed by atoms with van der Waals surface area (Å²) in [6.45, 7) is 5.99. The first-order valence-corrected chi connectivity index (χ1v) is 9.02. The lowest BCUT2D eigenvalue weighted by Crippen LogP contribution is -2.46. The lowest BCUT2D eigenvalue weighted by Gasteiger charge is -2.32. The SMILES string of the molecule is CCC(CC)(CNC(=O)C1NCCc2ccccc21)SC. The van der Waals surface area contributed by atoms with Crippen LogP contribution in [-0.4, -0.2) is 30.0 Å². The molecule has 1 aromatic rings. The highest BCUT2D eigenvalue weighted by atomic mass is 32.2. The maximum absolute atomic E-state index is 12.6. The standard InChI is InChI=1S/C17H26N2OS/c1-4-17(5-2,21-3)12-19-16(20)15-14-9-7-6-8-13(14)10-11-18-15/h6-9,15,18H,4-5,10-12H2,1-3H3,(H,19,20). The maximum atomic E-state index is 12.6. The Morgan fingerprint density at radius 1 is 1.38 bits per heavy atom. The van der Waals surface area contributed by atoms with Gasteiger partial charge in [0, 0.05) is 17.8 Å². The van der Waals surface area contributed by atoms with Gasteiger partial charge in [-0.1, -0.05) is 38.1 Å². The molecule has 0 radical (unpaired) electrons. The second-order valence-corrected chi connectivity index (χ2v) is 6.92. The van der Waals surface area contributed by atoms with Gasteiger partial charge < -0.3 is 10.6 Å². The van der Waals surface area contributed by atoms with Crippen LogP contribution in [-0.2, 0) is 11.2 Å². The number of hydrogen-bond acceptors (Lipinski definition) is 3. The van der Waals surface area contributed by atoms with E-state index in [0.29, 0.717) is 0 Å². The first-order chi connectivity index (χ1) is 10.2. The fraction of sp³-hybridized carbons (Fsp3) is 0.588. The van der Waals surface area contributed by atoms with Gasteiger partial charge in [0.25, 0.3) is 0 Å². The van der Waals surface area contributed by atoms with E-state index in [4.69, 9.17) is 0 Å². The van der Waals surface area contributed by atoms with Crippen molar-refractivity contribution in [3.05, 3.63) is 35.4 Å². The van der Waals surface area contributed by atoms with Crippen LogP contribution in [0.3, 0.4) is 0 Å². The number of fused-ring (bicyclic) bond motifs is 1. The Labute approximate surface area is 132 Å². The normalized spacial score (nSPS) is 18.1. The fourth-order valence-electron chi connectivity index (χ4n) is 2.95.